The van der Waals surface area contributed by atoms with Gasteiger partial charge in [0.25, 0.3) is 0 Å². The summed E-state index contributed by atoms with van der Waals surface area (Å²) in [5, 5.41) is 0. The summed E-state index contributed by atoms with van der Waals surface area (Å²) in [4.78, 5) is 0. The fourth-order valence-corrected chi connectivity index (χ4v) is 5.58. The molecule has 0 radical (unpaired) electrons. The van der Waals surface area contributed by atoms with Crippen LogP contribution in [-0.4, -0.2) is 6.15 Å². The van der Waals surface area contributed by atoms with E-state index in [0.717, 1.165) is 37.3 Å². The molecule has 0 aromatic heterocycles. The number of rotatable bonds is 4. The fraction of sp³-hybridized carbons (Fsp3) is 0.200. The van der Waals surface area contributed by atoms with Crippen LogP contribution in [0.4, 0.5) is 65.9 Å². The topological polar surface area (TPSA) is 0 Å². The summed E-state index contributed by atoms with van der Waals surface area (Å²) in [6.07, 6.45) is -31.5. The number of aryl methyl sites for hydroxylation is 1. The first kappa shape index (κ1) is 34.8. The monoisotopic (exact) mass is 673 g/mol. The van der Waals surface area contributed by atoms with Crippen molar-refractivity contribution in [2.45, 2.75) is 37.8 Å². The molecule has 0 heterocycles. The average molecular weight is 673 g/mol. The summed E-state index contributed by atoms with van der Waals surface area (Å²) in [6.45, 7) is 1.06. The van der Waals surface area contributed by atoms with Crippen molar-refractivity contribution in [1.29, 1.82) is 0 Å². The molecule has 4 rings (SSSR count). The Morgan fingerprint density at radius 2 is 0.630 bits per heavy atom. The summed E-state index contributed by atoms with van der Waals surface area (Å²) in [5.41, 5.74) is -13.3. The van der Waals surface area contributed by atoms with Crippen LogP contribution >= 0.6 is 0 Å². The molecule has 46 heavy (non-hydrogen) atoms. The van der Waals surface area contributed by atoms with Crippen molar-refractivity contribution >= 4 is 28.0 Å². The molecule has 0 fully saturated rings. The van der Waals surface area contributed by atoms with E-state index in [0.29, 0.717) is 12.1 Å². The first-order valence-corrected chi connectivity index (χ1v) is 12.8. The Kier molecular flexibility index (Phi) is 8.54. The molecule has 0 aliphatic rings. The second kappa shape index (κ2) is 11.3. The molecule has 0 aliphatic carbocycles. The van der Waals surface area contributed by atoms with E-state index in [1.807, 2.05) is 0 Å². The quantitative estimate of drug-likeness (QED) is 0.151. The van der Waals surface area contributed by atoms with Gasteiger partial charge >= 0.3 is 30.9 Å². The molecule has 0 amide bonds. The Hall–Kier alpha value is -4.11. The smallest absolute Gasteiger partial charge is 0.195 e. The van der Waals surface area contributed by atoms with Crippen LogP contribution in [0.2, 0.25) is 0 Å². The van der Waals surface area contributed by atoms with Crippen LogP contribution in [0.15, 0.2) is 84.9 Å². The third-order valence-corrected chi connectivity index (χ3v) is 7.45. The van der Waals surface area contributed by atoms with Crippen molar-refractivity contribution in [3.63, 3.8) is 0 Å². The van der Waals surface area contributed by atoms with Crippen molar-refractivity contribution in [1.82, 2.24) is 0 Å². The minimum Gasteiger partial charge on any atom is -0.195 e. The molecular weight excluding hydrogens is 656 g/mol. The van der Waals surface area contributed by atoms with Gasteiger partial charge in [0.15, 0.2) is 0 Å². The molecule has 0 spiro atoms. The standard InChI is InChI=1S/C30H17BF15/c1-16-7-17(26(32,33)34)11-23(8-16)31(22-5-3-2-4-6-22,24-12-18(27(35,36)37)9-19(13-24)28(38,39)40)25-14-20(29(41,42)43)10-21(15-25)30(44,45)46/h2-15H,1H3/q-1. The van der Waals surface area contributed by atoms with Crippen molar-refractivity contribution < 1.29 is 65.9 Å². The predicted octanol–water partition coefficient (Wildman–Crippen LogP) is 8.47. The lowest BCUT2D eigenvalue weighted by atomic mass is 9.13. The molecule has 0 saturated heterocycles. The van der Waals surface area contributed by atoms with Crippen LogP contribution in [0.5, 0.6) is 0 Å². The third-order valence-electron chi connectivity index (χ3n) is 7.45. The van der Waals surface area contributed by atoms with Crippen molar-refractivity contribution in [3.8, 4) is 0 Å². The molecule has 0 atom stereocenters. The number of alkyl halides is 15. The Bertz CT molecular complexity index is 1590. The number of benzene rings is 4. The van der Waals surface area contributed by atoms with Gasteiger partial charge < -0.3 is 0 Å². The van der Waals surface area contributed by atoms with Crippen molar-refractivity contribution in [2.24, 2.45) is 0 Å². The van der Waals surface area contributed by atoms with E-state index >= 15 is 0 Å². The lowest BCUT2D eigenvalue weighted by Crippen LogP contribution is -2.75. The van der Waals surface area contributed by atoms with E-state index in [2.05, 4.69) is 0 Å². The van der Waals surface area contributed by atoms with E-state index in [9.17, 15) is 65.9 Å². The van der Waals surface area contributed by atoms with Crippen LogP contribution in [0, 0.1) is 6.92 Å². The maximum absolute atomic E-state index is 14.1. The van der Waals surface area contributed by atoms with Crippen LogP contribution < -0.4 is 21.9 Å². The van der Waals surface area contributed by atoms with E-state index in [-0.39, 0.29) is 42.0 Å². The minimum atomic E-state index is -5.54. The third kappa shape index (κ3) is 6.85. The van der Waals surface area contributed by atoms with Crippen LogP contribution in [0.1, 0.15) is 33.4 Å². The molecule has 4 aromatic carbocycles. The van der Waals surface area contributed by atoms with Gasteiger partial charge in [-0.1, -0.05) is 72.3 Å². The average Bonchev–Trinajstić information content (AvgIpc) is 2.91. The van der Waals surface area contributed by atoms with Gasteiger partial charge in [-0.05, 0) is 25.1 Å². The van der Waals surface area contributed by atoms with E-state index < -0.39 is 86.7 Å². The Morgan fingerprint density at radius 1 is 0.348 bits per heavy atom. The predicted molar refractivity (Wildman–Crippen MR) is 140 cm³/mol. The van der Waals surface area contributed by atoms with Gasteiger partial charge in [0, 0.05) is 0 Å². The highest BCUT2D eigenvalue weighted by molar-refractivity contribution is 7.20. The first-order chi connectivity index (χ1) is 20.8. The largest absolute Gasteiger partial charge is 0.416 e. The molecule has 0 aliphatic heterocycles. The van der Waals surface area contributed by atoms with E-state index in [1.54, 1.807) is 0 Å². The zero-order valence-electron chi connectivity index (χ0n) is 22.8. The Balaban J connectivity index is 2.40. The fourth-order valence-electron chi connectivity index (χ4n) is 5.58. The van der Waals surface area contributed by atoms with Gasteiger partial charge in [-0.2, -0.15) is 87.7 Å². The number of hydrogen-bond acceptors (Lipinski definition) is 0. The van der Waals surface area contributed by atoms with E-state index in [1.165, 1.54) is 6.07 Å². The number of halogens is 15. The van der Waals surface area contributed by atoms with Crippen LogP contribution in [0.3, 0.4) is 0 Å². The van der Waals surface area contributed by atoms with Gasteiger partial charge in [0.05, 0.1) is 27.8 Å². The SMILES string of the molecule is Cc1cc([B-](c2ccccc2)(c2cc(C(F)(F)F)cc(C(F)(F)F)c2)c2cc(C(F)(F)F)cc(C(F)(F)F)c2)cc(C(F)(F)F)c1. The van der Waals surface area contributed by atoms with Gasteiger partial charge in [-0.15, -0.1) is 0 Å². The molecule has 0 N–H and O–H groups in total. The minimum absolute atomic E-state index is 0.0886. The Labute approximate surface area is 250 Å². The molecule has 0 nitrogen and oxygen atoms in total. The maximum atomic E-state index is 14.1. The number of hydrogen-bond donors (Lipinski definition) is 0. The highest BCUT2D eigenvalue weighted by Gasteiger charge is 2.43. The summed E-state index contributed by atoms with van der Waals surface area (Å²) in [6, 6.07) is 6.91. The molecule has 4 aromatic rings. The van der Waals surface area contributed by atoms with Gasteiger partial charge in [-0.25, -0.2) is 0 Å². The van der Waals surface area contributed by atoms with Crippen molar-refractivity contribution in [3.05, 3.63) is 118 Å². The van der Waals surface area contributed by atoms with Crippen LogP contribution in [-0.2, 0) is 30.9 Å². The van der Waals surface area contributed by atoms with E-state index in [4.69, 9.17) is 0 Å². The van der Waals surface area contributed by atoms with Crippen LogP contribution in [0.25, 0.3) is 0 Å². The first-order valence-electron chi connectivity index (χ1n) is 12.8. The second-order valence-electron chi connectivity index (χ2n) is 10.6. The molecule has 16 heteroatoms. The Morgan fingerprint density at radius 3 is 0.935 bits per heavy atom. The zero-order chi connectivity index (χ0) is 34.7. The highest BCUT2D eigenvalue weighted by atomic mass is 19.4. The van der Waals surface area contributed by atoms with Crippen molar-refractivity contribution in [2.75, 3.05) is 0 Å². The summed E-state index contributed by atoms with van der Waals surface area (Å²) in [7, 11) is 0. The molecule has 246 valence electrons. The summed E-state index contributed by atoms with van der Waals surface area (Å²) >= 11 is 0. The summed E-state index contributed by atoms with van der Waals surface area (Å²) in [5.74, 6) is 0. The highest BCUT2D eigenvalue weighted by Crippen LogP contribution is 2.38. The lowest BCUT2D eigenvalue weighted by molar-refractivity contribution is -0.144. The zero-order valence-corrected chi connectivity index (χ0v) is 22.8. The normalized spacial score (nSPS) is 13.7. The summed E-state index contributed by atoms with van der Waals surface area (Å²) < 4.78 is 211. The van der Waals surface area contributed by atoms with Gasteiger partial charge in [0.1, 0.15) is 6.15 Å². The lowest BCUT2D eigenvalue weighted by Gasteiger charge is -2.45. The second-order valence-corrected chi connectivity index (χ2v) is 10.6. The molecule has 0 saturated carbocycles. The van der Waals surface area contributed by atoms with Gasteiger partial charge in [0.2, 0.25) is 0 Å². The maximum Gasteiger partial charge on any atom is 0.416 e. The molecule has 0 bridgehead atoms. The molecule has 0 unspecified atom stereocenters. The molecular formula is C30H17BF15-. The van der Waals surface area contributed by atoms with Gasteiger partial charge in [-0.3, -0.25) is 0 Å².